The highest BCUT2D eigenvalue weighted by Crippen LogP contribution is 2.29. The molecule has 1 aromatic rings. The molecule has 0 radical (unpaired) electrons. The van der Waals surface area contributed by atoms with Gasteiger partial charge in [0.15, 0.2) is 6.54 Å². The van der Waals surface area contributed by atoms with Gasteiger partial charge in [-0.05, 0) is 18.8 Å². The predicted molar refractivity (Wildman–Crippen MR) is 44.8 cm³/mol. The number of rotatable bonds is 4. The second-order valence-electron chi connectivity index (χ2n) is 3.38. The van der Waals surface area contributed by atoms with Crippen LogP contribution in [-0.2, 0) is 13.0 Å². The second kappa shape index (κ2) is 3.64. The number of hydrogen-bond donors (Lipinski definition) is 0. The third-order valence-corrected chi connectivity index (χ3v) is 2.40. The smallest absolute Gasteiger partial charge is 0.241 e. The first-order chi connectivity index (χ1) is 6.38. The standard InChI is InChI=1S/C8H11N3O2/c12-9-5-8-11-10-7(13-8)4-6-2-1-3-6/h6H,1-5H2. The number of nitrogens with zero attached hydrogens (tertiary/aromatic N) is 3. The zero-order valence-electron chi connectivity index (χ0n) is 7.27. The van der Waals surface area contributed by atoms with Crippen LogP contribution in [-0.4, -0.2) is 10.2 Å². The molecule has 5 heteroatoms. The van der Waals surface area contributed by atoms with Crippen molar-refractivity contribution in [3.63, 3.8) is 0 Å². The van der Waals surface area contributed by atoms with Gasteiger partial charge in [-0.3, -0.25) is 0 Å². The Morgan fingerprint density at radius 3 is 2.77 bits per heavy atom. The molecular formula is C8H11N3O2. The van der Waals surface area contributed by atoms with E-state index in [2.05, 4.69) is 15.4 Å². The Morgan fingerprint density at radius 1 is 1.38 bits per heavy atom. The molecule has 5 nitrogen and oxygen atoms in total. The normalized spacial score (nSPS) is 16.9. The van der Waals surface area contributed by atoms with E-state index in [9.17, 15) is 4.91 Å². The highest BCUT2D eigenvalue weighted by atomic mass is 16.4. The summed E-state index contributed by atoms with van der Waals surface area (Å²) in [7, 11) is 0. The first-order valence-electron chi connectivity index (χ1n) is 4.49. The zero-order valence-corrected chi connectivity index (χ0v) is 7.27. The SMILES string of the molecule is O=NCc1nnc(CC2CCC2)o1. The lowest BCUT2D eigenvalue weighted by molar-refractivity contribution is 0.287. The molecule has 1 aromatic heterocycles. The summed E-state index contributed by atoms with van der Waals surface area (Å²) in [6.07, 6.45) is 4.67. The molecule has 1 heterocycles. The van der Waals surface area contributed by atoms with Gasteiger partial charge in [-0.25, -0.2) is 0 Å². The molecule has 0 spiro atoms. The molecule has 1 fully saturated rings. The maximum atomic E-state index is 9.90. The van der Waals surface area contributed by atoms with Gasteiger partial charge >= 0.3 is 0 Å². The zero-order chi connectivity index (χ0) is 9.10. The number of aromatic nitrogens is 2. The lowest BCUT2D eigenvalue weighted by Crippen LogP contribution is -2.13. The minimum atomic E-state index is -0.0162. The number of hydrogen-bond acceptors (Lipinski definition) is 5. The van der Waals surface area contributed by atoms with Crippen molar-refractivity contribution in [2.75, 3.05) is 0 Å². The average molecular weight is 181 g/mol. The topological polar surface area (TPSA) is 68.3 Å². The fourth-order valence-electron chi connectivity index (χ4n) is 1.43. The Kier molecular flexibility index (Phi) is 2.33. The first-order valence-corrected chi connectivity index (χ1v) is 4.49. The maximum Gasteiger partial charge on any atom is 0.241 e. The third kappa shape index (κ3) is 1.91. The van der Waals surface area contributed by atoms with Gasteiger partial charge in [-0.15, -0.1) is 10.2 Å². The lowest BCUT2D eigenvalue weighted by Gasteiger charge is -2.23. The largest absolute Gasteiger partial charge is 0.423 e. The van der Waals surface area contributed by atoms with Gasteiger partial charge in [0.05, 0.1) is 0 Å². The van der Waals surface area contributed by atoms with Gasteiger partial charge in [0.2, 0.25) is 11.8 Å². The fraction of sp³-hybridized carbons (Fsp3) is 0.750. The van der Waals surface area contributed by atoms with Gasteiger partial charge in [-0.2, -0.15) is 4.91 Å². The Labute approximate surface area is 75.5 Å². The highest BCUT2D eigenvalue weighted by molar-refractivity contribution is 4.86. The van der Waals surface area contributed by atoms with Gasteiger partial charge in [0, 0.05) is 6.42 Å². The summed E-state index contributed by atoms with van der Waals surface area (Å²) in [6.45, 7) is -0.0162. The lowest BCUT2D eigenvalue weighted by atomic mass is 9.83. The van der Waals surface area contributed by atoms with E-state index < -0.39 is 0 Å². The predicted octanol–water partition coefficient (Wildman–Crippen LogP) is 1.68. The monoisotopic (exact) mass is 181 g/mol. The minimum absolute atomic E-state index is 0.0162. The summed E-state index contributed by atoms with van der Waals surface area (Å²) >= 11 is 0. The van der Waals surface area contributed by atoms with Crippen LogP contribution in [0.1, 0.15) is 31.0 Å². The summed E-state index contributed by atoms with van der Waals surface area (Å²) in [5, 5.41) is 10.2. The summed E-state index contributed by atoms with van der Waals surface area (Å²) in [5.41, 5.74) is 0. The van der Waals surface area contributed by atoms with Crippen LogP contribution in [0.4, 0.5) is 0 Å². The molecular weight excluding hydrogens is 170 g/mol. The van der Waals surface area contributed by atoms with E-state index in [1.54, 1.807) is 0 Å². The third-order valence-electron chi connectivity index (χ3n) is 2.40. The van der Waals surface area contributed by atoms with E-state index in [-0.39, 0.29) is 6.54 Å². The molecule has 70 valence electrons. The van der Waals surface area contributed by atoms with Crippen LogP contribution in [0.3, 0.4) is 0 Å². The van der Waals surface area contributed by atoms with Crippen molar-refractivity contribution >= 4 is 0 Å². The van der Waals surface area contributed by atoms with E-state index in [4.69, 9.17) is 4.42 Å². The second-order valence-corrected chi connectivity index (χ2v) is 3.38. The fourth-order valence-corrected chi connectivity index (χ4v) is 1.43. The van der Waals surface area contributed by atoms with Gasteiger partial charge in [0.25, 0.3) is 0 Å². The van der Waals surface area contributed by atoms with E-state index >= 15 is 0 Å². The van der Waals surface area contributed by atoms with Gasteiger partial charge in [0.1, 0.15) is 0 Å². The maximum absolute atomic E-state index is 9.90. The molecule has 0 amide bonds. The molecule has 13 heavy (non-hydrogen) atoms. The average Bonchev–Trinajstić information content (AvgIpc) is 2.46. The molecule has 0 saturated heterocycles. The molecule has 2 rings (SSSR count). The van der Waals surface area contributed by atoms with Crippen LogP contribution >= 0.6 is 0 Å². The van der Waals surface area contributed by atoms with Crippen molar-refractivity contribution in [2.45, 2.75) is 32.2 Å². The quantitative estimate of drug-likeness (QED) is 0.662. The molecule has 0 bridgehead atoms. The Balaban J connectivity index is 1.92. The van der Waals surface area contributed by atoms with Crippen LogP contribution < -0.4 is 0 Å². The molecule has 0 N–H and O–H groups in total. The Hall–Kier alpha value is -1.26. The van der Waals surface area contributed by atoms with Crippen molar-refractivity contribution in [1.29, 1.82) is 0 Å². The van der Waals surface area contributed by atoms with Crippen molar-refractivity contribution in [2.24, 2.45) is 11.1 Å². The van der Waals surface area contributed by atoms with Crippen molar-refractivity contribution in [3.8, 4) is 0 Å². The molecule has 0 aromatic carbocycles. The Bertz CT molecular complexity index is 293. The highest BCUT2D eigenvalue weighted by Gasteiger charge is 2.20. The summed E-state index contributed by atoms with van der Waals surface area (Å²) < 4.78 is 5.21. The van der Waals surface area contributed by atoms with Crippen LogP contribution in [0.25, 0.3) is 0 Å². The van der Waals surface area contributed by atoms with E-state index in [0.29, 0.717) is 17.7 Å². The number of nitroso groups, excluding NO2 is 1. The molecule has 0 unspecified atom stereocenters. The van der Waals surface area contributed by atoms with Crippen molar-refractivity contribution < 1.29 is 4.42 Å². The van der Waals surface area contributed by atoms with Crippen LogP contribution in [0, 0.1) is 10.8 Å². The van der Waals surface area contributed by atoms with E-state index in [1.807, 2.05) is 0 Å². The summed E-state index contributed by atoms with van der Waals surface area (Å²) in [4.78, 5) is 9.90. The van der Waals surface area contributed by atoms with Gasteiger partial charge < -0.3 is 4.42 Å². The molecule has 0 aliphatic heterocycles. The summed E-state index contributed by atoms with van der Waals surface area (Å²) in [6, 6.07) is 0. The van der Waals surface area contributed by atoms with Crippen LogP contribution in [0.15, 0.2) is 9.59 Å². The van der Waals surface area contributed by atoms with Gasteiger partial charge in [-0.1, -0.05) is 11.6 Å². The first kappa shape index (κ1) is 8.34. The minimum Gasteiger partial charge on any atom is -0.423 e. The van der Waals surface area contributed by atoms with Crippen LogP contribution in [0.5, 0.6) is 0 Å². The molecule has 0 atom stereocenters. The molecule has 1 aliphatic rings. The van der Waals surface area contributed by atoms with E-state index in [0.717, 1.165) is 6.42 Å². The summed E-state index contributed by atoms with van der Waals surface area (Å²) in [5.74, 6) is 1.67. The van der Waals surface area contributed by atoms with Crippen molar-refractivity contribution in [1.82, 2.24) is 10.2 Å². The molecule has 1 saturated carbocycles. The van der Waals surface area contributed by atoms with E-state index in [1.165, 1.54) is 19.3 Å². The van der Waals surface area contributed by atoms with Crippen molar-refractivity contribution in [3.05, 3.63) is 16.7 Å². The molecule has 1 aliphatic carbocycles. The Morgan fingerprint density at radius 2 is 2.15 bits per heavy atom. The van der Waals surface area contributed by atoms with Crippen LogP contribution in [0.2, 0.25) is 0 Å².